The Kier molecular flexibility index (Phi) is 6.13. The Morgan fingerprint density at radius 2 is 1.82 bits per heavy atom. The maximum Gasteiger partial charge on any atom is 0.368 e. The molecular weight excluding hydrogens is 456 g/mol. The molecular formula is C23H28N6O4S. The number of ether oxygens (including phenoxy) is 1. The van der Waals surface area contributed by atoms with Crippen molar-refractivity contribution in [2.75, 3.05) is 11.3 Å². The Morgan fingerprint density at radius 1 is 1.06 bits per heavy atom. The number of benzene rings is 2. The molecule has 1 unspecified atom stereocenters. The molecule has 1 fully saturated rings. The standard InChI is InChI=1S/C23H28N6O4S/c24-14-20-10-5-17-13-21(11-12-22(17)33-20)34(31,32)25-18-6-8-19(9-7-18)29-23(30)28(26-27-29)15-16-3-1-2-4-16/h6-9,11-13,16,20,25H,1-5,10,14-15,24H2. The Hall–Kier alpha value is -3.18. The lowest BCUT2D eigenvalue weighted by Gasteiger charge is -2.25. The van der Waals surface area contributed by atoms with Crippen molar-refractivity contribution in [2.45, 2.75) is 56.1 Å². The van der Waals surface area contributed by atoms with Crippen LogP contribution in [0.2, 0.25) is 0 Å². The summed E-state index contributed by atoms with van der Waals surface area (Å²) in [6.45, 7) is 1.01. The molecule has 0 saturated heterocycles. The number of aromatic nitrogens is 4. The molecule has 1 saturated carbocycles. The van der Waals surface area contributed by atoms with Gasteiger partial charge in [0, 0.05) is 12.2 Å². The molecule has 2 heterocycles. The van der Waals surface area contributed by atoms with Gasteiger partial charge >= 0.3 is 5.69 Å². The van der Waals surface area contributed by atoms with Gasteiger partial charge in [0.1, 0.15) is 11.9 Å². The number of nitrogens with zero attached hydrogens (tertiary/aromatic N) is 4. The van der Waals surface area contributed by atoms with Crippen LogP contribution in [0.15, 0.2) is 52.2 Å². The summed E-state index contributed by atoms with van der Waals surface area (Å²) in [5, 5.41) is 8.00. The van der Waals surface area contributed by atoms with Crippen molar-refractivity contribution >= 4 is 15.7 Å². The first-order valence-electron chi connectivity index (χ1n) is 11.6. The van der Waals surface area contributed by atoms with E-state index >= 15 is 0 Å². The first-order valence-corrected chi connectivity index (χ1v) is 13.1. The van der Waals surface area contributed by atoms with Crippen molar-refractivity contribution in [3.8, 4) is 11.4 Å². The third kappa shape index (κ3) is 4.58. The number of anilines is 1. The molecule has 1 atom stereocenters. The van der Waals surface area contributed by atoms with Crippen LogP contribution in [-0.2, 0) is 23.0 Å². The molecule has 1 aliphatic carbocycles. The van der Waals surface area contributed by atoms with E-state index < -0.39 is 10.0 Å². The third-order valence-corrected chi connectivity index (χ3v) is 7.92. The fourth-order valence-electron chi connectivity index (χ4n) is 4.63. The summed E-state index contributed by atoms with van der Waals surface area (Å²) in [4.78, 5) is 12.8. The molecule has 0 radical (unpaired) electrons. The van der Waals surface area contributed by atoms with Crippen LogP contribution >= 0.6 is 0 Å². The smallest absolute Gasteiger partial charge is 0.368 e. The molecule has 0 amide bonds. The average Bonchev–Trinajstić information content (AvgIpc) is 3.49. The zero-order valence-corrected chi connectivity index (χ0v) is 19.6. The van der Waals surface area contributed by atoms with Gasteiger partial charge in [0.2, 0.25) is 0 Å². The highest BCUT2D eigenvalue weighted by Gasteiger charge is 2.23. The van der Waals surface area contributed by atoms with Crippen LogP contribution in [0.5, 0.6) is 5.75 Å². The molecule has 0 bridgehead atoms. The number of fused-ring (bicyclic) bond motifs is 1. The SMILES string of the molecule is NCC1CCc2cc(S(=O)(=O)Nc3ccc(-n4nnn(CC5CCCC5)c4=O)cc3)ccc2O1. The maximum absolute atomic E-state index is 12.9. The van der Waals surface area contributed by atoms with Crippen molar-refractivity contribution in [1.82, 2.24) is 19.8 Å². The van der Waals surface area contributed by atoms with E-state index in [-0.39, 0.29) is 16.7 Å². The van der Waals surface area contributed by atoms with Crippen molar-refractivity contribution < 1.29 is 13.2 Å². The fourth-order valence-corrected chi connectivity index (χ4v) is 5.74. The van der Waals surface area contributed by atoms with E-state index in [9.17, 15) is 13.2 Å². The van der Waals surface area contributed by atoms with Gasteiger partial charge < -0.3 is 10.5 Å². The number of aryl methyl sites for hydroxylation is 1. The topological polar surface area (TPSA) is 134 Å². The van der Waals surface area contributed by atoms with Crippen LogP contribution in [0.25, 0.3) is 5.69 Å². The van der Waals surface area contributed by atoms with Gasteiger partial charge in [-0.25, -0.2) is 13.2 Å². The minimum Gasteiger partial charge on any atom is -0.489 e. The number of tetrazole rings is 1. The van der Waals surface area contributed by atoms with Gasteiger partial charge in [0.05, 0.1) is 17.1 Å². The average molecular weight is 485 g/mol. The first kappa shape index (κ1) is 22.6. The van der Waals surface area contributed by atoms with Crippen LogP contribution in [0.4, 0.5) is 5.69 Å². The Labute approximate surface area is 197 Å². The highest BCUT2D eigenvalue weighted by Crippen LogP contribution is 2.30. The van der Waals surface area contributed by atoms with Gasteiger partial charge in [0.25, 0.3) is 10.0 Å². The van der Waals surface area contributed by atoms with E-state index in [2.05, 4.69) is 15.1 Å². The number of nitrogens with one attached hydrogen (secondary N) is 1. The monoisotopic (exact) mass is 484 g/mol. The minimum atomic E-state index is -3.79. The molecule has 3 N–H and O–H groups in total. The lowest BCUT2D eigenvalue weighted by Crippen LogP contribution is -2.30. The summed E-state index contributed by atoms with van der Waals surface area (Å²) in [6.07, 6.45) is 6.04. The molecule has 1 aliphatic heterocycles. The highest BCUT2D eigenvalue weighted by molar-refractivity contribution is 7.92. The van der Waals surface area contributed by atoms with Crippen LogP contribution in [-0.4, -0.2) is 40.9 Å². The molecule has 180 valence electrons. The summed E-state index contributed by atoms with van der Waals surface area (Å²) in [5.74, 6) is 1.15. The second-order valence-electron chi connectivity index (χ2n) is 8.94. The molecule has 1 aromatic heterocycles. The Balaban J connectivity index is 1.30. The molecule has 5 rings (SSSR count). The lowest BCUT2D eigenvalue weighted by molar-refractivity contribution is 0.181. The van der Waals surface area contributed by atoms with E-state index in [1.807, 2.05) is 0 Å². The maximum atomic E-state index is 12.9. The summed E-state index contributed by atoms with van der Waals surface area (Å²) >= 11 is 0. The van der Waals surface area contributed by atoms with E-state index in [1.165, 1.54) is 28.3 Å². The Morgan fingerprint density at radius 3 is 2.56 bits per heavy atom. The molecule has 3 aromatic rings. The summed E-state index contributed by atoms with van der Waals surface area (Å²) < 4.78 is 36.9. The van der Waals surface area contributed by atoms with Crippen molar-refractivity contribution in [3.63, 3.8) is 0 Å². The van der Waals surface area contributed by atoms with E-state index in [0.29, 0.717) is 42.6 Å². The van der Waals surface area contributed by atoms with Gasteiger partial charge in [-0.1, -0.05) is 12.8 Å². The number of rotatable bonds is 7. The van der Waals surface area contributed by atoms with Crippen LogP contribution in [0.1, 0.15) is 37.7 Å². The quantitative estimate of drug-likeness (QED) is 0.524. The van der Waals surface area contributed by atoms with Crippen molar-refractivity contribution in [3.05, 3.63) is 58.5 Å². The van der Waals surface area contributed by atoms with Crippen molar-refractivity contribution in [2.24, 2.45) is 11.7 Å². The predicted molar refractivity (Wildman–Crippen MR) is 127 cm³/mol. The van der Waals surface area contributed by atoms with Crippen LogP contribution in [0, 0.1) is 5.92 Å². The zero-order valence-electron chi connectivity index (χ0n) is 18.8. The van der Waals surface area contributed by atoms with E-state index in [1.54, 1.807) is 36.4 Å². The molecule has 34 heavy (non-hydrogen) atoms. The third-order valence-electron chi connectivity index (χ3n) is 6.54. The summed E-state index contributed by atoms with van der Waals surface area (Å²) in [7, 11) is -3.79. The number of nitrogens with two attached hydrogens (primary N) is 1. The van der Waals surface area contributed by atoms with Gasteiger partial charge in [0.15, 0.2) is 0 Å². The first-order chi connectivity index (χ1) is 16.4. The zero-order chi connectivity index (χ0) is 23.7. The van der Waals surface area contributed by atoms with Crippen LogP contribution in [0.3, 0.4) is 0 Å². The largest absolute Gasteiger partial charge is 0.489 e. The summed E-state index contributed by atoms with van der Waals surface area (Å²) in [5.41, 5.74) is 7.13. The molecule has 10 nitrogen and oxygen atoms in total. The molecule has 2 aliphatic rings. The predicted octanol–water partition coefficient (Wildman–Crippen LogP) is 2.07. The summed E-state index contributed by atoms with van der Waals surface area (Å²) in [6, 6.07) is 11.3. The van der Waals surface area contributed by atoms with Gasteiger partial charge in [-0.15, -0.1) is 0 Å². The fraction of sp³-hybridized carbons (Fsp3) is 0.435. The second-order valence-corrected chi connectivity index (χ2v) is 10.6. The van der Waals surface area contributed by atoms with E-state index in [4.69, 9.17) is 10.5 Å². The number of sulfonamides is 1. The van der Waals surface area contributed by atoms with Gasteiger partial charge in [-0.05, 0) is 90.1 Å². The van der Waals surface area contributed by atoms with Crippen LogP contribution < -0.4 is 20.9 Å². The van der Waals surface area contributed by atoms with Crippen molar-refractivity contribution in [1.29, 1.82) is 0 Å². The van der Waals surface area contributed by atoms with Gasteiger partial charge in [-0.2, -0.15) is 9.36 Å². The Bertz CT molecular complexity index is 1330. The van der Waals surface area contributed by atoms with E-state index in [0.717, 1.165) is 24.8 Å². The minimum absolute atomic E-state index is 0.0385. The molecule has 2 aromatic carbocycles. The number of hydrogen-bond acceptors (Lipinski definition) is 7. The molecule has 11 heteroatoms. The van der Waals surface area contributed by atoms with Gasteiger partial charge in [-0.3, -0.25) is 4.72 Å². The highest BCUT2D eigenvalue weighted by atomic mass is 32.2. The molecule has 0 spiro atoms. The normalized spacial score (nSPS) is 18.4. The lowest BCUT2D eigenvalue weighted by atomic mass is 10.0. The number of hydrogen-bond donors (Lipinski definition) is 2. The second kappa shape index (κ2) is 9.22.